The fourth-order valence-corrected chi connectivity index (χ4v) is 2.94. The number of H-pyrrole nitrogens is 1. The van der Waals surface area contributed by atoms with Crippen molar-refractivity contribution in [3.8, 4) is 0 Å². The highest BCUT2D eigenvalue weighted by molar-refractivity contribution is 7.71. The van der Waals surface area contributed by atoms with Crippen molar-refractivity contribution in [2.45, 2.75) is 37.8 Å². The predicted molar refractivity (Wildman–Crippen MR) is 79.7 cm³/mol. The van der Waals surface area contributed by atoms with Crippen LogP contribution in [-0.4, -0.2) is 33.2 Å². The number of hydrogen-bond acceptors (Lipinski definition) is 6. The van der Waals surface area contributed by atoms with E-state index in [2.05, 4.69) is 4.98 Å². The van der Waals surface area contributed by atoms with Gasteiger partial charge in [0.25, 0.3) is 5.56 Å². The van der Waals surface area contributed by atoms with Crippen molar-refractivity contribution in [1.82, 2.24) is 9.55 Å². The Labute approximate surface area is 136 Å². The Balaban J connectivity index is 2.05. The number of halogens is 1. The number of aliphatic hydroxyl groups excluding tert-OH is 1. The Morgan fingerprint density at radius 2 is 2.27 bits per heavy atom. The van der Waals surface area contributed by atoms with Crippen LogP contribution in [0.3, 0.4) is 0 Å². The second-order valence-electron chi connectivity index (χ2n) is 5.45. The van der Waals surface area contributed by atoms with E-state index in [0.29, 0.717) is 17.1 Å². The third kappa shape index (κ3) is 2.45. The summed E-state index contributed by atoms with van der Waals surface area (Å²) in [4.78, 5) is 14.3. The molecular weight excluding hydrogens is 332 g/mol. The average Bonchev–Trinajstić information content (AvgIpc) is 2.92. The molecule has 120 valence electrons. The van der Waals surface area contributed by atoms with Gasteiger partial charge in [-0.05, 0) is 12.2 Å². The van der Waals surface area contributed by atoms with Crippen LogP contribution in [0.4, 0.5) is 0 Å². The monoisotopic (exact) mass is 346 g/mol. The van der Waals surface area contributed by atoms with E-state index >= 15 is 0 Å². The predicted octanol–water partition coefficient (Wildman–Crippen LogP) is 1.53. The Morgan fingerprint density at radius 1 is 1.55 bits per heavy atom. The fourth-order valence-electron chi connectivity index (χ4n) is 2.50. The summed E-state index contributed by atoms with van der Waals surface area (Å²) in [6.45, 7) is 3.21. The van der Waals surface area contributed by atoms with Crippen molar-refractivity contribution in [2.75, 3.05) is 6.61 Å². The molecule has 0 amide bonds. The molecule has 2 atom stereocenters. The van der Waals surface area contributed by atoms with Crippen LogP contribution in [0.5, 0.6) is 0 Å². The first-order valence-corrected chi connectivity index (χ1v) is 7.58. The van der Waals surface area contributed by atoms with E-state index in [1.165, 1.54) is 6.20 Å². The van der Waals surface area contributed by atoms with Gasteiger partial charge in [-0.25, -0.2) is 0 Å². The molecule has 0 aromatic carbocycles. The van der Waals surface area contributed by atoms with Gasteiger partial charge >= 0.3 is 0 Å². The molecule has 9 heteroatoms. The number of aromatic amines is 1. The number of rotatable bonds is 3. The molecule has 0 spiro atoms. The topological polar surface area (TPSA) is 85.7 Å². The first-order chi connectivity index (χ1) is 10.4. The van der Waals surface area contributed by atoms with E-state index in [4.69, 9.17) is 38.0 Å². The van der Waals surface area contributed by atoms with Gasteiger partial charge in [0.15, 0.2) is 22.4 Å². The van der Waals surface area contributed by atoms with E-state index in [1.54, 1.807) is 18.4 Å². The lowest BCUT2D eigenvalue weighted by Gasteiger charge is -2.23. The third-order valence-corrected chi connectivity index (χ3v) is 4.03. The van der Waals surface area contributed by atoms with Gasteiger partial charge in [-0.1, -0.05) is 0 Å². The molecule has 1 aromatic heterocycles. The van der Waals surface area contributed by atoms with E-state index in [0.717, 1.165) is 0 Å². The second kappa shape index (κ2) is 5.38. The Bertz CT molecular complexity index is 754. The normalized spacial score (nSPS) is 25.8. The quantitative estimate of drug-likeness (QED) is 0.637. The van der Waals surface area contributed by atoms with Crippen molar-refractivity contribution in [3.63, 3.8) is 0 Å². The molecule has 2 aliphatic rings. The van der Waals surface area contributed by atoms with E-state index in [9.17, 15) is 9.90 Å². The minimum absolute atomic E-state index is 0.0400. The molecule has 3 rings (SSSR count). The molecule has 3 heterocycles. The number of fused-ring (bicyclic) bond motifs is 1. The summed E-state index contributed by atoms with van der Waals surface area (Å²) in [7, 11) is 0. The molecule has 2 N–H and O–H groups in total. The number of nitrogens with one attached hydrogen (secondary N) is 1. The lowest BCUT2D eigenvalue weighted by Crippen LogP contribution is -2.30. The highest BCUT2D eigenvalue weighted by Gasteiger charge is 2.50. The lowest BCUT2D eigenvalue weighted by molar-refractivity contribution is -0.166. The van der Waals surface area contributed by atoms with Gasteiger partial charge in [-0.2, -0.15) is 0 Å². The maximum atomic E-state index is 11.7. The fraction of sp³-hybridized carbons (Fsp3) is 0.538. The molecule has 1 saturated heterocycles. The summed E-state index contributed by atoms with van der Waals surface area (Å²) in [6, 6.07) is 0. The number of alkyl halides is 1. The zero-order valence-electron chi connectivity index (χ0n) is 12.0. The van der Waals surface area contributed by atoms with E-state index in [-0.39, 0.29) is 22.8 Å². The molecule has 0 radical (unpaired) electrons. The largest absolute Gasteiger partial charge is 0.465 e. The van der Waals surface area contributed by atoms with Gasteiger partial charge in [0.1, 0.15) is 6.61 Å². The standard InChI is InChI=1S/C13H15ClN2O5S/c1-13(2)20-8-7(5-17)19-11(9(8)21-13)16-4-6(3-14)10(18)15-12(16)22/h4,9,11,17H,3,5H2,1-2H3,(H,15,18,22)/t9?,11-/m1/s1. The first-order valence-electron chi connectivity index (χ1n) is 6.64. The molecule has 0 saturated carbocycles. The minimum Gasteiger partial charge on any atom is -0.465 e. The highest BCUT2D eigenvalue weighted by atomic mass is 35.5. The molecule has 1 unspecified atom stereocenters. The number of aliphatic hydroxyl groups is 1. The molecule has 22 heavy (non-hydrogen) atoms. The summed E-state index contributed by atoms with van der Waals surface area (Å²) in [6.07, 6.45) is 0.300. The average molecular weight is 347 g/mol. The van der Waals surface area contributed by atoms with Crippen molar-refractivity contribution >= 4 is 23.8 Å². The first kappa shape index (κ1) is 15.5. The van der Waals surface area contributed by atoms with E-state index in [1.807, 2.05) is 0 Å². The number of aromatic nitrogens is 2. The summed E-state index contributed by atoms with van der Waals surface area (Å²) < 4.78 is 18.9. The zero-order valence-corrected chi connectivity index (χ0v) is 13.5. The zero-order chi connectivity index (χ0) is 16.1. The third-order valence-electron chi connectivity index (χ3n) is 3.43. The van der Waals surface area contributed by atoms with Gasteiger partial charge in [0.05, 0.1) is 5.88 Å². The summed E-state index contributed by atoms with van der Waals surface area (Å²) >= 11 is 10.9. The van der Waals surface area contributed by atoms with Crippen LogP contribution in [0, 0.1) is 4.77 Å². The molecule has 1 aromatic rings. The smallest absolute Gasteiger partial charge is 0.256 e. The maximum absolute atomic E-state index is 11.7. The Kier molecular flexibility index (Phi) is 3.80. The molecule has 0 aliphatic carbocycles. The van der Waals surface area contributed by atoms with Gasteiger partial charge in [-0.15, -0.1) is 11.6 Å². The van der Waals surface area contributed by atoms with Crippen LogP contribution in [0.15, 0.2) is 22.5 Å². The van der Waals surface area contributed by atoms with Gasteiger partial charge in [-0.3, -0.25) is 14.3 Å². The van der Waals surface area contributed by atoms with Crippen molar-refractivity contribution in [1.29, 1.82) is 0 Å². The van der Waals surface area contributed by atoms with Crippen molar-refractivity contribution in [3.05, 3.63) is 38.4 Å². The van der Waals surface area contributed by atoms with Crippen molar-refractivity contribution < 1.29 is 19.3 Å². The highest BCUT2D eigenvalue weighted by Crippen LogP contribution is 2.44. The van der Waals surface area contributed by atoms with Gasteiger partial charge in [0, 0.05) is 25.6 Å². The second-order valence-corrected chi connectivity index (χ2v) is 6.10. The van der Waals surface area contributed by atoms with Crippen LogP contribution in [0.2, 0.25) is 0 Å². The van der Waals surface area contributed by atoms with Crippen LogP contribution in [0.25, 0.3) is 0 Å². The summed E-state index contributed by atoms with van der Waals surface area (Å²) in [5.41, 5.74) is 0.0183. The van der Waals surface area contributed by atoms with Crippen molar-refractivity contribution in [2.24, 2.45) is 0 Å². The molecule has 7 nitrogen and oxygen atoms in total. The SMILES string of the molecule is CC1(C)OC2=C(CO)O[C@@H](n3cc(CCl)c(=O)[nH]c3=S)C2O1. The molecule has 1 fully saturated rings. The number of nitrogens with zero attached hydrogens (tertiary/aromatic N) is 1. The minimum atomic E-state index is -0.831. The van der Waals surface area contributed by atoms with Crippen LogP contribution >= 0.6 is 23.8 Å². The lowest BCUT2D eigenvalue weighted by atomic mass is 10.2. The number of ether oxygens (including phenoxy) is 3. The van der Waals surface area contributed by atoms with E-state index < -0.39 is 18.1 Å². The van der Waals surface area contributed by atoms with Gasteiger partial charge in [0.2, 0.25) is 12.0 Å². The summed E-state index contributed by atoms with van der Waals surface area (Å²) in [5, 5.41) is 9.43. The molecule has 2 aliphatic heterocycles. The van der Waals surface area contributed by atoms with Crippen LogP contribution in [0.1, 0.15) is 25.6 Å². The summed E-state index contributed by atoms with van der Waals surface area (Å²) in [5.74, 6) is -0.0559. The number of hydrogen-bond donors (Lipinski definition) is 2. The van der Waals surface area contributed by atoms with Gasteiger partial charge < -0.3 is 19.3 Å². The van der Waals surface area contributed by atoms with Crippen LogP contribution < -0.4 is 5.56 Å². The van der Waals surface area contributed by atoms with Crippen LogP contribution in [-0.2, 0) is 20.1 Å². The Hall–Kier alpha value is -1.35. The Morgan fingerprint density at radius 3 is 2.91 bits per heavy atom. The molecular formula is C13H15ClN2O5S. The molecule has 0 bridgehead atoms. The maximum Gasteiger partial charge on any atom is 0.256 e.